The van der Waals surface area contributed by atoms with Crippen molar-refractivity contribution in [2.45, 2.75) is 12.6 Å². The smallest absolute Gasteiger partial charge is 0.341 e. The highest BCUT2D eigenvalue weighted by molar-refractivity contribution is 7.09. The molecule has 9 heteroatoms. The lowest BCUT2D eigenvalue weighted by molar-refractivity contribution is 0.0693. The Kier molecular flexibility index (Phi) is 3.28. The van der Waals surface area contributed by atoms with Crippen molar-refractivity contribution in [1.29, 1.82) is 0 Å². The molecule has 0 fully saturated rings. The van der Waals surface area contributed by atoms with Crippen molar-refractivity contribution >= 4 is 17.3 Å². The molecule has 0 spiro atoms. The van der Waals surface area contributed by atoms with Gasteiger partial charge in [-0.1, -0.05) is 0 Å². The van der Waals surface area contributed by atoms with Gasteiger partial charge in [0.15, 0.2) is 21.9 Å². The number of benzene rings is 1. The number of pyridine rings is 1. The SMILES string of the molecule is O=C(O)c1cn2c(cc1=O)-c1c(cc(O)c3c1CCO3)OC2c1nccs1. The van der Waals surface area contributed by atoms with Crippen molar-refractivity contribution < 1.29 is 24.5 Å². The van der Waals surface area contributed by atoms with Gasteiger partial charge in [-0.3, -0.25) is 4.79 Å². The maximum absolute atomic E-state index is 12.4. The second kappa shape index (κ2) is 5.58. The van der Waals surface area contributed by atoms with Crippen molar-refractivity contribution in [3.63, 3.8) is 0 Å². The van der Waals surface area contributed by atoms with Crippen LogP contribution in [0.3, 0.4) is 0 Å². The van der Waals surface area contributed by atoms with Crippen LogP contribution >= 0.6 is 11.3 Å². The first-order valence-corrected chi connectivity index (χ1v) is 9.00. The van der Waals surface area contributed by atoms with Gasteiger partial charge in [0.05, 0.1) is 12.3 Å². The van der Waals surface area contributed by atoms with Gasteiger partial charge in [0, 0.05) is 47.5 Å². The number of fused-ring (bicyclic) bond motifs is 5. The molecule has 27 heavy (non-hydrogen) atoms. The molecule has 1 unspecified atom stereocenters. The number of carbonyl (C=O) groups is 1. The molecule has 0 bridgehead atoms. The maximum atomic E-state index is 12.4. The molecule has 2 aliphatic heterocycles. The Bertz CT molecular complexity index is 1150. The van der Waals surface area contributed by atoms with E-state index in [1.165, 1.54) is 29.7 Å². The summed E-state index contributed by atoms with van der Waals surface area (Å²) < 4.78 is 13.2. The topological polar surface area (TPSA) is 111 Å². The number of aromatic hydroxyl groups is 1. The summed E-state index contributed by atoms with van der Waals surface area (Å²) in [7, 11) is 0. The summed E-state index contributed by atoms with van der Waals surface area (Å²) in [6, 6.07) is 2.75. The molecule has 0 radical (unpaired) electrons. The number of hydrogen-bond acceptors (Lipinski definition) is 7. The Morgan fingerprint density at radius 3 is 2.96 bits per heavy atom. The fraction of sp³-hybridized carbons (Fsp3) is 0.167. The molecule has 0 amide bonds. The summed E-state index contributed by atoms with van der Waals surface area (Å²) in [5.41, 5.74) is 0.924. The summed E-state index contributed by atoms with van der Waals surface area (Å²) in [5, 5.41) is 22.0. The molecule has 4 heterocycles. The monoisotopic (exact) mass is 384 g/mol. The van der Waals surface area contributed by atoms with E-state index in [9.17, 15) is 19.8 Å². The fourth-order valence-corrected chi connectivity index (χ4v) is 4.18. The first-order valence-electron chi connectivity index (χ1n) is 8.12. The number of aromatic nitrogens is 2. The number of ether oxygens (including phenoxy) is 2. The Labute approximate surface area is 155 Å². The van der Waals surface area contributed by atoms with Gasteiger partial charge in [-0.2, -0.15) is 0 Å². The van der Waals surface area contributed by atoms with Crippen molar-refractivity contribution in [1.82, 2.24) is 9.55 Å². The van der Waals surface area contributed by atoms with E-state index >= 15 is 0 Å². The summed E-state index contributed by atoms with van der Waals surface area (Å²) in [6.07, 6.45) is 2.70. The van der Waals surface area contributed by atoms with Gasteiger partial charge in [0.1, 0.15) is 11.3 Å². The third kappa shape index (κ3) is 2.25. The molecular formula is C18H12N2O6S. The second-order valence-electron chi connectivity index (χ2n) is 6.16. The van der Waals surface area contributed by atoms with Crippen LogP contribution < -0.4 is 14.9 Å². The zero-order valence-electron chi connectivity index (χ0n) is 13.7. The molecule has 0 saturated heterocycles. The van der Waals surface area contributed by atoms with E-state index in [0.29, 0.717) is 40.8 Å². The number of carboxylic acid groups (broad SMARTS) is 1. The maximum Gasteiger partial charge on any atom is 0.341 e. The van der Waals surface area contributed by atoms with Gasteiger partial charge in [-0.25, -0.2) is 9.78 Å². The molecule has 1 atom stereocenters. The van der Waals surface area contributed by atoms with Crippen molar-refractivity contribution in [3.05, 3.63) is 56.3 Å². The third-order valence-corrected chi connectivity index (χ3v) is 5.45. The number of phenolic OH excluding ortho intramolecular Hbond substituents is 1. The van der Waals surface area contributed by atoms with Crippen LogP contribution in [0.25, 0.3) is 11.3 Å². The first-order chi connectivity index (χ1) is 13.0. The predicted octanol–water partition coefficient (Wildman–Crippen LogP) is 2.25. The normalized spacial score (nSPS) is 16.7. The van der Waals surface area contributed by atoms with E-state index in [1.54, 1.807) is 16.1 Å². The molecule has 0 aliphatic carbocycles. The standard InChI is InChI=1S/C18H12N2O6S/c21-11-5-10-14-8-1-3-25-15(8)12(22)6-13(14)26-17(16-19-2-4-27-16)20(10)7-9(11)18(23)24/h2,4-7,17,22H,1,3H2,(H,23,24). The number of carboxylic acids is 1. The highest BCUT2D eigenvalue weighted by Crippen LogP contribution is 2.50. The number of phenols is 1. The van der Waals surface area contributed by atoms with Crippen LogP contribution in [0.5, 0.6) is 17.2 Å². The van der Waals surface area contributed by atoms with Gasteiger partial charge in [-0.15, -0.1) is 11.3 Å². The van der Waals surface area contributed by atoms with Crippen LogP contribution in [0.2, 0.25) is 0 Å². The summed E-state index contributed by atoms with van der Waals surface area (Å²) >= 11 is 1.35. The predicted molar refractivity (Wildman–Crippen MR) is 94.8 cm³/mol. The zero-order valence-corrected chi connectivity index (χ0v) is 14.5. The lowest BCUT2D eigenvalue weighted by Crippen LogP contribution is -2.28. The van der Waals surface area contributed by atoms with Crippen LogP contribution in [-0.2, 0) is 6.42 Å². The number of nitrogens with zero attached hydrogens (tertiary/aromatic N) is 2. The van der Waals surface area contributed by atoms with Crippen LogP contribution in [0.1, 0.15) is 27.2 Å². The van der Waals surface area contributed by atoms with E-state index in [0.717, 1.165) is 5.56 Å². The second-order valence-corrected chi connectivity index (χ2v) is 7.09. The van der Waals surface area contributed by atoms with Crippen molar-refractivity contribution in [2.75, 3.05) is 6.61 Å². The quantitative estimate of drug-likeness (QED) is 0.697. The minimum Gasteiger partial charge on any atom is -0.504 e. The number of hydrogen-bond donors (Lipinski definition) is 2. The summed E-state index contributed by atoms with van der Waals surface area (Å²) in [5.74, 6) is -0.568. The molecule has 1 aromatic carbocycles. The number of thiazole rings is 1. The van der Waals surface area contributed by atoms with Crippen molar-refractivity contribution in [2.24, 2.45) is 0 Å². The van der Waals surface area contributed by atoms with Crippen LogP contribution in [0.15, 0.2) is 34.7 Å². The average molecular weight is 384 g/mol. The third-order valence-electron chi connectivity index (χ3n) is 4.64. The Morgan fingerprint density at radius 2 is 2.22 bits per heavy atom. The largest absolute Gasteiger partial charge is 0.504 e. The van der Waals surface area contributed by atoms with E-state index in [-0.39, 0.29) is 11.3 Å². The van der Waals surface area contributed by atoms with E-state index < -0.39 is 17.6 Å². The first kappa shape index (κ1) is 15.9. The molecular weight excluding hydrogens is 372 g/mol. The average Bonchev–Trinajstić information content (AvgIpc) is 3.32. The highest BCUT2D eigenvalue weighted by atomic mass is 32.1. The zero-order chi connectivity index (χ0) is 18.7. The van der Waals surface area contributed by atoms with E-state index in [1.807, 2.05) is 0 Å². The minimum absolute atomic E-state index is 0.0305. The Morgan fingerprint density at radius 1 is 1.37 bits per heavy atom. The molecule has 2 N–H and O–H groups in total. The molecule has 0 saturated carbocycles. The number of rotatable bonds is 2. The molecule has 8 nitrogen and oxygen atoms in total. The van der Waals surface area contributed by atoms with Gasteiger partial charge < -0.3 is 24.3 Å². The van der Waals surface area contributed by atoms with Gasteiger partial charge >= 0.3 is 5.97 Å². The minimum atomic E-state index is -1.31. The fourth-order valence-electron chi connectivity index (χ4n) is 3.51. The van der Waals surface area contributed by atoms with E-state index in [4.69, 9.17) is 9.47 Å². The van der Waals surface area contributed by atoms with Crippen LogP contribution in [-0.4, -0.2) is 32.3 Å². The highest BCUT2D eigenvalue weighted by Gasteiger charge is 2.35. The summed E-state index contributed by atoms with van der Waals surface area (Å²) in [6.45, 7) is 0.409. The van der Waals surface area contributed by atoms with Crippen molar-refractivity contribution in [3.8, 4) is 28.5 Å². The number of aromatic carboxylic acids is 1. The molecule has 136 valence electrons. The molecule has 2 aliphatic rings. The lowest BCUT2D eigenvalue weighted by Gasteiger charge is -2.31. The Balaban J connectivity index is 1.84. The van der Waals surface area contributed by atoms with Gasteiger partial charge in [0.2, 0.25) is 6.23 Å². The van der Waals surface area contributed by atoms with E-state index in [2.05, 4.69) is 4.98 Å². The van der Waals surface area contributed by atoms with Gasteiger partial charge in [-0.05, 0) is 0 Å². The molecule has 2 aromatic heterocycles. The Hall–Kier alpha value is -3.33. The lowest BCUT2D eigenvalue weighted by atomic mass is 9.97. The van der Waals surface area contributed by atoms with Crippen LogP contribution in [0.4, 0.5) is 0 Å². The van der Waals surface area contributed by atoms with Crippen LogP contribution in [0, 0.1) is 0 Å². The molecule has 5 rings (SSSR count). The molecule has 3 aromatic rings. The summed E-state index contributed by atoms with van der Waals surface area (Å²) in [4.78, 5) is 28.1. The van der Waals surface area contributed by atoms with Gasteiger partial charge in [0.25, 0.3) is 0 Å².